The van der Waals surface area contributed by atoms with Crippen molar-refractivity contribution >= 4 is 45.5 Å². The molecule has 3 aliphatic rings. The number of likely N-dealkylation sites (tertiary alicyclic amines) is 1. The van der Waals surface area contributed by atoms with Gasteiger partial charge in [0.05, 0.1) is 23.8 Å². The number of aromatic nitrogens is 5. The molecule has 14 heteroatoms. The Labute approximate surface area is 299 Å². The van der Waals surface area contributed by atoms with E-state index in [-0.39, 0.29) is 35.5 Å². The second-order valence-corrected chi connectivity index (χ2v) is 14.3. The first-order valence-electron chi connectivity index (χ1n) is 18.1. The van der Waals surface area contributed by atoms with Gasteiger partial charge in [-0.25, -0.2) is 19.7 Å². The Bertz CT molecular complexity index is 2210. The minimum Gasteiger partial charge on any atom is -0.494 e. The number of fused-ring (bicyclic) bond motifs is 2. The summed E-state index contributed by atoms with van der Waals surface area (Å²) in [4.78, 5) is 65.9. The summed E-state index contributed by atoms with van der Waals surface area (Å²) in [6, 6.07) is 10.4. The van der Waals surface area contributed by atoms with Crippen LogP contribution < -0.4 is 21.1 Å². The van der Waals surface area contributed by atoms with E-state index < -0.39 is 11.9 Å². The molecule has 270 valence electrons. The van der Waals surface area contributed by atoms with Gasteiger partial charge in [-0.2, -0.15) is 0 Å². The summed E-state index contributed by atoms with van der Waals surface area (Å²) < 4.78 is 15.1. The summed E-state index contributed by atoms with van der Waals surface area (Å²) in [5, 5.41) is 5.26. The van der Waals surface area contributed by atoms with Crippen LogP contribution in [-0.4, -0.2) is 73.5 Å². The summed E-state index contributed by atoms with van der Waals surface area (Å²) in [6.07, 6.45) is 9.60. The molecule has 3 amide bonds. The predicted octanol–water partition coefficient (Wildman–Crippen LogP) is 4.66. The smallest absolute Gasteiger partial charge is 0.329 e. The minimum absolute atomic E-state index is 0.223. The molecule has 2 aromatic carbocycles. The van der Waals surface area contributed by atoms with Gasteiger partial charge in [0.2, 0.25) is 11.8 Å². The first kappa shape index (κ1) is 33.8. The number of aryl methyl sites for hydroxylation is 1. The molecule has 1 atom stereocenters. The number of benzene rings is 2. The van der Waals surface area contributed by atoms with Crippen molar-refractivity contribution in [1.29, 1.82) is 0 Å². The molecule has 3 aromatic heterocycles. The van der Waals surface area contributed by atoms with Crippen LogP contribution in [-0.2, 0) is 16.6 Å². The molecule has 5 heterocycles. The van der Waals surface area contributed by atoms with E-state index in [1.807, 2.05) is 12.1 Å². The van der Waals surface area contributed by atoms with Crippen molar-refractivity contribution in [3.05, 3.63) is 76.6 Å². The molecule has 1 saturated carbocycles. The molecular formula is C38H42N8O6. The fraction of sp³-hybridized carbons (Fsp3) is 0.447. The van der Waals surface area contributed by atoms with Crippen LogP contribution in [0.2, 0.25) is 0 Å². The third kappa shape index (κ3) is 6.35. The monoisotopic (exact) mass is 706 g/mol. The molecule has 2 saturated heterocycles. The van der Waals surface area contributed by atoms with Gasteiger partial charge >= 0.3 is 5.69 Å². The Morgan fingerprint density at radius 1 is 1.02 bits per heavy atom. The highest BCUT2D eigenvalue weighted by atomic mass is 16.5. The second kappa shape index (κ2) is 14.0. The normalized spacial score (nSPS) is 21.8. The molecule has 0 spiro atoms. The fourth-order valence-electron chi connectivity index (χ4n) is 8.44. The Hall–Kier alpha value is -5.37. The number of amides is 3. The van der Waals surface area contributed by atoms with Gasteiger partial charge in [-0.3, -0.25) is 28.8 Å². The van der Waals surface area contributed by atoms with Gasteiger partial charge in [0, 0.05) is 44.3 Å². The molecule has 2 N–H and O–H groups in total. The number of hydrogen-bond donors (Lipinski definition) is 2. The quantitative estimate of drug-likeness (QED) is 0.217. The third-order valence-electron chi connectivity index (χ3n) is 11.2. The maximum atomic E-state index is 13.4. The first-order chi connectivity index (χ1) is 25.3. The van der Waals surface area contributed by atoms with Crippen molar-refractivity contribution in [2.24, 2.45) is 13.0 Å². The summed E-state index contributed by atoms with van der Waals surface area (Å²) in [7, 11) is 3.33. The minimum atomic E-state index is -0.685. The lowest BCUT2D eigenvalue weighted by Crippen LogP contribution is -2.44. The van der Waals surface area contributed by atoms with E-state index in [1.54, 1.807) is 41.5 Å². The van der Waals surface area contributed by atoms with Crippen LogP contribution in [0.4, 0.5) is 5.69 Å². The topological polar surface area (TPSA) is 166 Å². The Morgan fingerprint density at radius 2 is 1.83 bits per heavy atom. The van der Waals surface area contributed by atoms with Crippen molar-refractivity contribution in [2.75, 3.05) is 32.1 Å². The van der Waals surface area contributed by atoms with E-state index in [9.17, 15) is 19.2 Å². The number of carbonyl (C=O) groups excluding carboxylic acids is 3. The van der Waals surface area contributed by atoms with E-state index in [0.29, 0.717) is 40.8 Å². The highest BCUT2D eigenvalue weighted by Gasteiger charge is 2.33. The van der Waals surface area contributed by atoms with Crippen LogP contribution in [0.25, 0.3) is 22.1 Å². The Kier molecular flexibility index (Phi) is 9.08. The Morgan fingerprint density at radius 3 is 2.56 bits per heavy atom. The van der Waals surface area contributed by atoms with E-state index in [1.165, 1.54) is 12.5 Å². The predicted molar refractivity (Wildman–Crippen MR) is 192 cm³/mol. The fourth-order valence-corrected chi connectivity index (χ4v) is 8.44. The number of carbonyl (C=O) groups is 3. The molecule has 0 radical (unpaired) electrons. The van der Waals surface area contributed by atoms with Crippen LogP contribution in [0.3, 0.4) is 0 Å². The zero-order valence-corrected chi connectivity index (χ0v) is 29.3. The molecule has 52 heavy (non-hydrogen) atoms. The van der Waals surface area contributed by atoms with E-state index >= 15 is 0 Å². The lowest BCUT2D eigenvalue weighted by Gasteiger charge is -2.36. The van der Waals surface area contributed by atoms with Crippen molar-refractivity contribution in [3.63, 3.8) is 0 Å². The van der Waals surface area contributed by atoms with Gasteiger partial charge in [0.25, 0.3) is 5.91 Å². The van der Waals surface area contributed by atoms with Crippen molar-refractivity contribution in [2.45, 2.75) is 69.2 Å². The van der Waals surface area contributed by atoms with Crippen molar-refractivity contribution in [3.8, 4) is 5.75 Å². The van der Waals surface area contributed by atoms with E-state index in [0.717, 1.165) is 80.6 Å². The number of anilines is 1. The zero-order chi connectivity index (χ0) is 35.9. The lowest BCUT2D eigenvalue weighted by molar-refractivity contribution is -0.135. The molecule has 1 aliphatic carbocycles. The highest BCUT2D eigenvalue weighted by Crippen LogP contribution is 2.40. The molecule has 2 aliphatic heterocycles. The number of rotatable bonds is 8. The second-order valence-electron chi connectivity index (χ2n) is 14.3. The summed E-state index contributed by atoms with van der Waals surface area (Å²) in [5.74, 6) is 1.31. The largest absolute Gasteiger partial charge is 0.494 e. The number of hydrogen-bond acceptors (Lipinski definition) is 10. The van der Waals surface area contributed by atoms with Crippen LogP contribution in [0, 0.1) is 5.92 Å². The van der Waals surface area contributed by atoms with Gasteiger partial charge in [-0.05, 0) is 87.6 Å². The van der Waals surface area contributed by atoms with Crippen LogP contribution in [0.5, 0.6) is 5.75 Å². The number of nitrogens with zero attached hydrogens (tertiary/aromatic N) is 6. The number of piperidine rings is 2. The number of imidazole rings is 1. The number of methoxy groups -OCH3 is 1. The zero-order valence-electron chi connectivity index (χ0n) is 29.3. The van der Waals surface area contributed by atoms with E-state index in [4.69, 9.17) is 14.1 Å². The van der Waals surface area contributed by atoms with Crippen molar-refractivity contribution in [1.82, 2.24) is 34.3 Å². The third-order valence-corrected chi connectivity index (χ3v) is 11.2. The molecule has 3 fully saturated rings. The SMILES string of the molecule is COc1cc2nc(C3CCC(CN4CCC(c5cccc6c5n(C)c(=O)n6C5CCC(=O)NC5=O)CC4)CC3)oc2cc1NC(=O)c1ccncn1. The van der Waals surface area contributed by atoms with Crippen LogP contribution >= 0.6 is 0 Å². The highest BCUT2D eigenvalue weighted by molar-refractivity contribution is 6.04. The molecule has 1 unspecified atom stereocenters. The molecule has 14 nitrogen and oxygen atoms in total. The van der Waals surface area contributed by atoms with Crippen LogP contribution in [0.15, 0.2) is 58.1 Å². The maximum Gasteiger partial charge on any atom is 0.329 e. The number of para-hydroxylation sites is 1. The van der Waals surface area contributed by atoms with Gasteiger partial charge < -0.3 is 19.4 Å². The van der Waals surface area contributed by atoms with Gasteiger partial charge in [0.15, 0.2) is 11.5 Å². The standard InChI is InChI=1S/C38H42N8O6/c1-44-34-25(4-3-5-29(34)46(38(44)50)30-10-11-33(47)43-36(30)49)23-13-16-45(17-14-23)20-22-6-8-24(9-7-22)37-42-28-18-31(51-2)27(19-32(28)52-37)41-35(48)26-12-15-39-21-40-26/h3-5,12,15,18-19,21-24,30H,6-11,13-14,16-17,20H2,1-2H3,(H,41,48)(H,43,47,49). The molecule has 8 rings (SSSR count). The number of ether oxygens (including phenoxy) is 1. The first-order valence-corrected chi connectivity index (χ1v) is 18.1. The maximum absolute atomic E-state index is 13.4. The van der Waals surface area contributed by atoms with Crippen LogP contribution in [0.1, 0.15) is 91.2 Å². The summed E-state index contributed by atoms with van der Waals surface area (Å²) in [6.45, 7) is 3.05. The number of nitrogens with one attached hydrogen (secondary N) is 2. The van der Waals surface area contributed by atoms with Gasteiger partial charge in [-0.1, -0.05) is 12.1 Å². The van der Waals surface area contributed by atoms with Gasteiger partial charge in [0.1, 0.15) is 29.3 Å². The average molecular weight is 707 g/mol. The molecule has 5 aromatic rings. The Balaban J connectivity index is 0.880. The summed E-state index contributed by atoms with van der Waals surface area (Å²) >= 11 is 0. The van der Waals surface area contributed by atoms with Gasteiger partial charge in [-0.15, -0.1) is 0 Å². The molecule has 0 bridgehead atoms. The number of imide groups is 1. The summed E-state index contributed by atoms with van der Waals surface area (Å²) in [5.41, 5.74) is 4.59. The molecular weight excluding hydrogens is 664 g/mol. The van der Waals surface area contributed by atoms with Crippen molar-refractivity contribution < 1.29 is 23.5 Å². The lowest BCUT2D eigenvalue weighted by atomic mass is 9.81. The number of oxazole rings is 1. The average Bonchev–Trinajstić information content (AvgIpc) is 3.69. The van der Waals surface area contributed by atoms with E-state index in [2.05, 4.69) is 31.6 Å².